The van der Waals surface area contributed by atoms with Gasteiger partial charge in [0.25, 0.3) is 0 Å². The fraction of sp³-hybridized carbons (Fsp3) is 0.667. The Morgan fingerprint density at radius 3 is 2.50 bits per heavy atom. The largest absolute Gasteiger partial charge is 0.480 e. The van der Waals surface area contributed by atoms with Gasteiger partial charge in [0.05, 0.1) is 0 Å². The molecule has 0 aliphatic heterocycles. The van der Waals surface area contributed by atoms with Crippen LogP contribution in [0.3, 0.4) is 0 Å². The Kier molecular flexibility index (Phi) is 3.22. The van der Waals surface area contributed by atoms with E-state index in [-0.39, 0.29) is 17.6 Å². The molecule has 1 saturated carbocycles. The van der Waals surface area contributed by atoms with Crippen LogP contribution in [0.25, 0.3) is 0 Å². The molecule has 1 unspecified atom stereocenters. The van der Waals surface area contributed by atoms with E-state index in [9.17, 15) is 14.4 Å². The second-order valence-corrected chi connectivity index (χ2v) is 3.64. The number of nitrogens with one attached hydrogen (secondary N) is 1. The maximum atomic E-state index is 10.7. The lowest BCUT2D eigenvalue weighted by molar-refractivity contribution is -0.143. The van der Waals surface area contributed by atoms with E-state index in [4.69, 9.17) is 5.11 Å². The third-order valence-corrected chi connectivity index (χ3v) is 2.28. The molecule has 1 aliphatic rings. The lowest BCUT2D eigenvalue weighted by Gasteiger charge is -2.26. The number of carboxylic acid groups (broad SMARTS) is 1. The predicted molar refractivity (Wildman–Crippen MR) is 47.6 cm³/mol. The van der Waals surface area contributed by atoms with Gasteiger partial charge in [0.15, 0.2) is 0 Å². The van der Waals surface area contributed by atoms with Gasteiger partial charge in [-0.1, -0.05) is 0 Å². The second-order valence-electron chi connectivity index (χ2n) is 3.64. The number of Topliss-reactive ketones (excluding diaryl/α,β-unsaturated/α-hetero) is 1. The van der Waals surface area contributed by atoms with Crippen molar-refractivity contribution in [1.82, 2.24) is 5.32 Å². The fourth-order valence-electron chi connectivity index (χ4n) is 1.55. The Hall–Kier alpha value is -1.39. The summed E-state index contributed by atoms with van der Waals surface area (Å²) in [4.78, 5) is 32.0. The second kappa shape index (κ2) is 4.21. The van der Waals surface area contributed by atoms with Gasteiger partial charge < -0.3 is 10.4 Å². The van der Waals surface area contributed by atoms with E-state index >= 15 is 0 Å². The van der Waals surface area contributed by atoms with Crippen molar-refractivity contribution < 1.29 is 19.5 Å². The molecule has 0 saturated heterocycles. The zero-order chi connectivity index (χ0) is 10.7. The van der Waals surface area contributed by atoms with Crippen molar-refractivity contribution in [3.8, 4) is 0 Å². The van der Waals surface area contributed by atoms with Gasteiger partial charge in [-0.3, -0.25) is 9.59 Å². The molecule has 0 aromatic heterocycles. The number of hydrogen-bond acceptors (Lipinski definition) is 3. The van der Waals surface area contributed by atoms with Gasteiger partial charge in [0.2, 0.25) is 5.91 Å². The summed E-state index contributed by atoms with van der Waals surface area (Å²) in [6, 6.07) is -0.856. The van der Waals surface area contributed by atoms with Crippen LogP contribution >= 0.6 is 0 Å². The number of aliphatic carboxylic acids is 1. The lowest BCUT2D eigenvalue weighted by atomic mass is 9.79. The Labute approximate surface area is 81.5 Å². The van der Waals surface area contributed by atoms with Gasteiger partial charge >= 0.3 is 5.97 Å². The van der Waals surface area contributed by atoms with Crippen LogP contribution in [0.2, 0.25) is 0 Å². The van der Waals surface area contributed by atoms with Crippen molar-refractivity contribution in [2.24, 2.45) is 5.92 Å². The number of carbonyl (C=O) groups is 3. The molecule has 0 aromatic rings. The number of ketones is 1. The molecular formula is C9H13NO4. The molecule has 1 aliphatic carbocycles. The highest BCUT2D eigenvalue weighted by molar-refractivity contribution is 5.85. The van der Waals surface area contributed by atoms with Crippen molar-refractivity contribution >= 4 is 17.7 Å². The highest BCUT2D eigenvalue weighted by atomic mass is 16.4. The molecule has 0 radical (unpaired) electrons. The molecule has 1 fully saturated rings. The first-order chi connectivity index (χ1) is 6.49. The Balaban J connectivity index is 2.39. The van der Waals surface area contributed by atoms with Gasteiger partial charge in [-0.15, -0.1) is 0 Å². The SMILES string of the molecule is CC(=O)NC(CC1CC(=O)C1)C(=O)O. The molecular weight excluding hydrogens is 186 g/mol. The normalized spacial score (nSPS) is 18.5. The number of amides is 1. The Morgan fingerprint density at radius 1 is 1.57 bits per heavy atom. The van der Waals surface area contributed by atoms with Crippen LogP contribution < -0.4 is 5.32 Å². The molecule has 5 nitrogen and oxygen atoms in total. The highest BCUT2D eigenvalue weighted by Crippen LogP contribution is 2.27. The van der Waals surface area contributed by atoms with Gasteiger partial charge in [-0.25, -0.2) is 4.79 Å². The molecule has 0 spiro atoms. The van der Waals surface area contributed by atoms with Crippen molar-refractivity contribution in [3.05, 3.63) is 0 Å². The topological polar surface area (TPSA) is 83.5 Å². The Morgan fingerprint density at radius 2 is 2.14 bits per heavy atom. The zero-order valence-electron chi connectivity index (χ0n) is 7.95. The number of hydrogen-bond donors (Lipinski definition) is 2. The van der Waals surface area contributed by atoms with Crippen molar-refractivity contribution in [2.45, 2.75) is 32.2 Å². The summed E-state index contributed by atoms with van der Waals surface area (Å²) in [5.41, 5.74) is 0. The van der Waals surface area contributed by atoms with E-state index in [1.807, 2.05) is 0 Å². The van der Waals surface area contributed by atoms with Crippen LogP contribution in [0, 0.1) is 5.92 Å². The van der Waals surface area contributed by atoms with Crippen LogP contribution in [0.4, 0.5) is 0 Å². The van der Waals surface area contributed by atoms with Crippen LogP contribution in [0.15, 0.2) is 0 Å². The molecule has 5 heteroatoms. The van der Waals surface area contributed by atoms with E-state index < -0.39 is 12.0 Å². The monoisotopic (exact) mass is 199 g/mol. The predicted octanol–water partition coefficient (Wildman–Crippen LogP) is -0.0551. The molecule has 0 bridgehead atoms. The molecule has 1 atom stereocenters. The third kappa shape index (κ3) is 2.83. The summed E-state index contributed by atoms with van der Waals surface area (Å²) < 4.78 is 0. The van der Waals surface area contributed by atoms with Crippen LogP contribution in [-0.4, -0.2) is 28.8 Å². The first-order valence-corrected chi connectivity index (χ1v) is 4.50. The standard InChI is InChI=1S/C9H13NO4/c1-5(11)10-8(9(13)14)4-6-2-7(12)3-6/h6,8H,2-4H2,1H3,(H,10,11)(H,13,14). The minimum Gasteiger partial charge on any atom is -0.480 e. The van der Waals surface area contributed by atoms with E-state index in [2.05, 4.69) is 5.32 Å². The highest BCUT2D eigenvalue weighted by Gasteiger charge is 2.31. The fourth-order valence-corrected chi connectivity index (χ4v) is 1.55. The van der Waals surface area contributed by atoms with Crippen molar-refractivity contribution in [1.29, 1.82) is 0 Å². The summed E-state index contributed by atoms with van der Waals surface area (Å²) in [7, 11) is 0. The van der Waals surface area contributed by atoms with E-state index in [1.165, 1.54) is 6.92 Å². The molecule has 0 aromatic carbocycles. The van der Waals surface area contributed by atoms with Gasteiger partial charge in [-0.2, -0.15) is 0 Å². The van der Waals surface area contributed by atoms with E-state index in [0.29, 0.717) is 19.3 Å². The number of carbonyl (C=O) groups excluding carboxylic acids is 2. The molecule has 78 valence electrons. The smallest absolute Gasteiger partial charge is 0.326 e. The van der Waals surface area contributed by atoms with Gasteiger partial charge in [0, 0.05) is 19.8 Å². The minimum atomic E-state index is -1.04. The quantitative estimate of drug-likeness (QED) is 0.664. The third-order valence-electron chi connectivity index (χ3n) is 2.28. The maximum absolute atomic E-state index is 10.7. The average molecular weight is 199 g/mol. The molecule has 14 heavy (non-hydrogen) atoms. The molecule has 1 amide bonds. The van der Waals surface area contributed by atoms with Crippen molar-refractivity contribution in [2.75, 3.05) is 0 Å². The summed E-state index contributed by atoms with van der Waals surface area (Å²) in [5, 5.41) is 11.1. The van der Waals surface area contributed by atoms with Gasteiger partial charge in [0.1, 0.15) is 11.8 Å². The van der Waals surface area contributed by atoms with Crippen molar-refractivity contribution in [3.63, 3.8) is 0 Å². The van der Waals surface area contributed by atoms with Crippen LogP contribution in [-0.2, 0) is 14.4 Å². The number of carboxylic acids is 1. The average Bonchev–Trinajstić information content (AvgIpc) is 1.99. The molecule has 1 rings (SSSR count). The lowest BCUT2D eigenvalue weighted by Crippen LogP contribution is -2.42. The molecule has 2 N–H and O–H groups in total. The van der Waals surface area contributed by atoms with E-state index in [1.54, 1.807) is 0 Å². The minimum absolute atomic E-state index is 0.121. The van der Waals surface area contributed by atoms with E-state index in [0.717, 1.165) is 0 Å². The van der Waals surface area contributed by atoms with Crippen LogP contribution in [0.5, 0.6) is 0 Å². The number of rotatable bonds is 4. The zero-order valence-corrected chi connectivity index (χ0v) is 7.95. The van der Waals surface area contributed by atoms with Crippen LogP contribution in [0.1, 0.15) is 26.2 Å². The van der Waals surface area contributed by atoms with Gasteiger partial charge in [-0.05, 0) is 12.3 Å². The summed E-state index contributed by atoms with van der Waals surface area (Å²) >= 11 is 0. The maximum Gasteiger partial charge on any atom is 0.326 e. The summed E-state index contributed by atoms with van der Waals surface area (Å²) in [6.45, 7) is 1.28. The first kappa shape index (κ1) is 10.7. The summed E-state index contributed by atoms with van der Waals surface area (Å²) in [5.74, 6) is -1.11. The summed E-state index contributed by atoms with van der Waals surface area (Å²) in [6.07, 6.45) is 1.24. The molecule has 0 heterocycles. The first-order valence-electron chi connectivity index (χ1n) is 4.50. The Bertz CT molecular complexity index is 266.